The van der Waals surface area contributed by atoms with Crippen LogP contribution in [0, 0.1) is 11.3 Å². The lowest BCUT2D eigenvalue weighted by atomic mass is 10.1. The van der Waals surface area contributed by atoms with Crippen LogP contribution < -0.4 is 14.8 Å². The number of halogens is 2. The van der Waals surface area contributed by atoms with Crippen molar-refractivity contribution in [2.75, 3.05) is 11.9 Å². The number of anilines is 1. The number of rotatable bonds is 8. The summed E-state index contributed by atoms with van der Waals surface area (Å²) < 4.78 is 11.2. The Morgan fingerprint density at radius 3 is 2.47 bits per heavy atom. The van der Waals surface area contributed by atoms with Gasteiger partial charge in [-0.15, -0.1) is 0 Å². The van der Waals surface area contributed by atoms with Gasteiger partial charge in [-0.1, -0.05) is 47.5 Å². The van der Waals surface area contributed by atoms with E-state index in [4.69, 9.17) is 32.7 Å². The summed E-state index contributed by atoms with van der Waals surface area (Å²) in [5.74, 6) is 0.786. The molecule has 0 aliphatic carbocycles. The van der Waals surface area contributed by atoms with Gasteiger partial charge in [-0.25, -0.2) is 0 Å². The van der Waals surface area contributed by atoms with Gasteiger partial charge in [0.25, 0.3) is 5.91 Å². The Balaban J connectivity index is 1.64. The molecule has 0 heterocycles. The number of ether oxygens (including phenoxy) is 2. The van der Waals surface area contributed by atoms with E-state index < -0.39 is 5.91 Å². The van der Waals surface area contributed by atoms with E-state index in [0.717, 1.165) is 5.56 Å². The summed E-state index contributed by atoms with van der Waals surface area (Å²) in [6, 6.07) is 21.3. The van der Waals surface area contributed by atoms with Gasteiger partial charge in [0.2, 0.25) is 0 Å². The van der Waals surface area contributed by atoms with E-state index >= 15 is 0 Å². The first-order chi connectivity index (χ1) is 15.5. The topological polar surface area (TPSA) is 71.3 Å². The lowest BCUT2D eigenvalue weighted by Crippen LogP contribution is -2.13. The van der Waals surface area contributed by atoms with Crippen LogP contribution in [0.2, 0.25) is 10.0 Å². The number of nitrogens with one attached hydrogen (secondary N) is 1. The van der Waals surface area contributed by atoms with Crippen molar-refractivity contribution < 1.29 is 14.3 Å². The molecule has 0 saturated heterocycles. The van der Waals surface area contributed by atoms with E-state index in [9.17, 15) is 10.1 Å². The van der Waals surface area contributed by atoms with E-state index in [1.165, 1.54) is 6.08 Å². The van der Waals surface area contributed by atoms with E-state index in [-0.39, 0.29) is 5.57 Å². The largest absolute Gasteiger partial charge is 0.494 e. The number of carbonyl (C=O) groups is 1. The maximum atomic E-state index is 12.5. The zero-order valence-electron chi connectivity index (χ0n) is 17.3. The Morgan fingerprint density at radius 1 is 1.00 bits per heavy atom. The van der Waals surface area contributed by atoms with Crippen molar-refractivity contribution in [1.29, 1.82) is 5.26 Å². The first kappa shape index (κ1) is 23.2. The van der Waals surface area contributed by atoms with Gasteiger partial charge >= 0.3 is 0 Å². The molecule has 3 aromatic rings. The normalized spacial score (nSPS) is 10.9. The molecule has 0 bridgehead atoms. The molecule has 0 spiro atoms. The van der Waals surface area contributed by atoms with Gasteiger partial charge in [-0.2, -0.15) is 5.26 Å². The molecule has 5 nitrogen and oxygen atoms in total. The van der Waals surface area contributed by atoms with Crippen molar-refractivity contribution in [3.05, 3.63) is 93.5 Å². The van der Waals surface area contributed by atoms with Crippen LogP contribution in [0.1, 0.15) is 18.1 Å². The Bertz CT molecular complexity index is 1170. The minimum Gasteiger partial charge on any atom is -0.494 e. The van der Waals surface area contributed by atoms with Crippen LogP contribution in [-0.2, 0) is 11.4 Å². The minimum absolute atomic E-state index is 0.0173. The molecule has 0 fully saturated rings. The number of amides is 1. The average molecular weight is 467 g/mol. The zero-order chi connectivity index (χ0) is 22.9. The van der Waals surface area contributed by atoms with Crippen molar-refractivity contribution in [2.24, 2.45) is 0 Å². The highest BCUT2D eigenvalue weighted by molar-refractivity contribution is 6.42. The molecule has 0 saturated carbocycles. The maximum absolute atomic E-state index is 12.5. The van der Waals surface area contributed by atoms with Crippen LogP contribution in [0.3, 0.4) is 0 Å². The molecule has 162 valence electrons. The number of hydrogen-bond donors (Lipinski definition) is 1. The molecule has 3 rings (SSSR count). The summed E-state index contributed by atoms with van der Waals surface area (Å²) >= 11 is 11.9. The molecule has 0 atom stereocenters. The number of carbonyl (C=O) groups excluding carboxylic acids is 1. The standard InChI is InChI=1S/C25H20Cl2N2O3/c1-2-31-22-5-3-4-20(14-22)29-25(30)19(15-28)12-17-6-9-21(10-7-17)32-16-18-8-11-23(26)24(27)13-18/h3-14H,2,16H2,1H3,(H,29,30)/b19-12-. The molecule has 7 heteroatoms. The molecule has 0 aliphatic rings. The third kappa shape index (κ3) is 6.52. The summed E-state index contributed by atoms with van der Waals surface area (Å²) in [7, 11) is 0. The lowest BCUT2D eigenvalue weighted by Gasteiger charge is -2.08. The molecule has 0 aromatic heterocycles. The van der Waals surface area contributed by atoms with Crippen molar-refractivity contribution in [2.45, 2.75) is 13.5 Å². The van der Waals surface area contributed by atoms with Crippen molar-refractivity contribution >= 4 is 40.9 Å². The molecule has 1 N–H and O–H groups in total. The van der Waals surface area contributed by atoms with Crippen LogP contribution in [-0.4, -0.2) is 12.5 Å². The second-order valence-electron chi connectivity index (χ2n) is 6.69. The van der Waals surface area contributed by atoms with Crippen molar-refractivity contribution in [3.63, 3.8) is 0 Å². The predicted molar refractivity (Wildman–Crippen MR) is 127 cm³/mol. The van der Waals surface area contributed by atoms with Crippen LogP contribution in [0.25, 0.3) is 6.08 Å². The molecule has 32 heavy (non-hydrogen) atoms. The Hall–Kier alpha value is -3.46. The van der Waals surface area contributed by atoms with Crippen LogP contribution in [0.15, 0.2) is 72.3 Å². The summed E-state index contributed by atoms with van der Waals surface area (Å²) in [4.78, 5) is 12.5. The minimum atomic E-state index is -0.499. The fraction of sp³-hybridized carbons (Fsp3) is 0.120. The SMILES string of the molecule is CCOc1cccc(NC(=O)/C(C#N)=C\c2ccc(OCc3ccc(Cl)c(Cl)c3)cc2)c1. The monoisotopic (exact) mass is 466 g/mol. The van der Waals surface area contributed by atoms with Crippen LogP contribution in [0.5, 0.6) is 11.5 Å². The lowest BCUT2D eigenvalue weighted by molar-refractivity contribution is -0.112. The van der Waals surface area contributed by atoms with Gasteiger partial charge in [-0.3, -0.25) is 4.79 Å². The highest BCUT2D eigenvalue weighted by Crippen LogP contribution is 2.24. The van der Waals surface area contributed by atoms with E-state index in [1.54, 1.807) is 60.7 Å². The number of nitriles is 1. The smallest absolute Gasteiger partial charge is 0.266 e. The average Bonchev–Trinajstić information content (AvgIpc) is 2.79. The van der Waals surface area contributed by atoms with Gasteiger partial charge < -0.3 is 14.8 Å². The van der Waals surface area contributed by atoms with Gasteiger partial charge in [0.1, 0.15) is 29.7 Å². The molecule has 3 aromatic carbocycles. The molecule has 0 aliphatic heterocycles. The Morgan fingerprint density at radius 2 is 1.78 bits per heavy atom. The first-order valence-electron chi connectivity index (χ1n) is 9.81. The van der Waals surface area contributed by atoms with Crippen molar-refractivity contribution in [1.82, 2.24) is 0 Å². The third-order valence-corrected chi connectivity index (χ3v) is 5.09. The summed E-state index contributed by atoms with van der Waals surface area (Å²) in [6.07, 6.45) is 1.52. The Labute approximate surface area is 196 Å². The van der Waals surface area contributed by atoms with Crippen LogP contribution in [0.4, 0.5) is 5.69 Å². The third-order valence-electron chi connectivity index (χ3n) is 4.35. The molecule has 0 radical (unpaired) electrons. The molecule has 0 unspecified atom stereocenters. The second-order valence-corrected chi connectivity index (χ2v) is 7.51. The number of benzene rings is 3. The number of nitrogens with zero attached hydrogens (tertiary/aromatic N) is 1. The molecular formula is C25H20Cl2N2O3. The van der Waals surface area contributed by atoms with Gasteiger partial charge in [0, 0.05) is 11.8 Å². The van der Waals surface area contributed by atoms with E-state index in [0.29, 0.717) is 46.0 Å². The fourth-order valence-corrected chi connectivity index (χ4v) is 3.12. The highest BCUT2D eigenvalue weighted by atomic mass is 35.5. The molecule has 1 amide bonds. The summed E-state index contributed by atoms with van der Waals surface area (Å²) in [6.45, 7) is 2.73. The van der Waals surface area contributed by atoms with Gasteiger partial charge in [-0.05, 0) is 60.5 Å². The van der Waals surface area contributed by atoms with Gasteiger partial charge in [0.05, 0.1) is 16.7 Å². The van der Waals surface area contributed by atoms with E-state index in [1.807, 2.05) is 19.1 Å². The molecular weight excluding hydrogens is 447 g/mol. The maximum Gasteiger partial charge on any atom is 0.266 e. The van der Waals surface area contributed by atoms with Gasteiger partial charge in [0.15, 0.2) is 0 Å². The summed E-state index contributed by atoms with van der Waals surface area (Å²) in [5.41, 5.74) is 2.12. The van der Waals surface area contributed by atoms with Crippen LogP contribution >= 0.6 is 23.2 Å². The highest BCUT2D eigenvalue weighted by Gasteiger charge is 2.10. The second kappa shape index (κ2) is 11.2. The quantitative estimate of drug-likeness (QED) is 0.303. The zero-order valence-corrected chi connectivity index (χ0v) is 18.8. The fourth-order valence-electron chi connectivity index (χ4n) is 2.80. The van der Waals surface area contributed by atoms with Crippen molar-refractivity contribution in [3.8, 4) is 17.6 Å². The first-order valence-corrected chi connectivity index (χ1v) is 10.6. The number of hydrogen-bond acceptors (Lipinski definition) is 4. The Kier molecular flexibility index (Phi) is 8.15. The van der Waals surface area contributed by atoms with E-state index in [2.05, 4.69) is 5.32 Å². The predicted octanol–water partition coefficient (Wildman–Crippen LogP) is 6.52. The summed E-state index contributed by atoms with van der Waals surface area (Å²) in [5, 5.41) is 13.1.